The number of carboxylic acid groups (broad SMARTS) is 1. The molecule has 0 atom stereocenters. The van der Waals surface area contributed by atoms with Crippen molar-refractivity contribution >= 4 is 56.4 Å². The van der Waals surface area contributed by atoms with E-state index in [-0.39, 0.29) is 10.7 Å². The lowest BCUT2D eigenvalue weighted by molar-refractivity contribution is 0.0696. The van der Waals surface area contributed by atoms with Gasteiger partial charge in [-0.25, -0.2) is 9.78 Å². The minimum Gasteiger partial charge on any atom is -0.476 e. The van der Waals surface area contributed by atoms with Crippen LogP contribution in [0.25, 0.3) is 0 Å². The second-order valence-electron chi connectivity index (χ2n) is 3.42. The van der Waals surface area contributed by atoms with Gasteiger partial charge in [-0.05, 0) is 34.1 Å². The SMILES string of the molecule is O=C(Nc1ccc(Cl)cc1Br)c1csc(C(=O)O)n1. The molecule has 2 rings (SSSR count). The maximum atomic E-state index is 11.9. The largest absolute Gasteiger partial charge is 0.476 e. The van der Waals surface area contributed by atoms with Crippen LogP contribution in [-0.4, -0.2) is 22.0 Å². The lowest BCUT2D eigenvalue weighted by atomic mass is 10.3. The minimum absolute atomic E-state index is 0.0595. The van der Waals surface area contributed by atoms with Crippen LogP contribution in [0.1, 0.15) is 20.3 Å². The predicted octanol–water partition coefficient (Wildman–Crippen LogP) is 3.51. The van der Waals surface area contributed by atoms with Crippen molar-refractivity contribution < 1.29 is 14.7 Å². The molecule has 2 aromatic rings. The summed E-state index contributed by atoms with van der Waals surface area (Å²) < 4.78 is 0.627. The molecule has 1 heterocycles. The van der Waals surface area contributed by atoms with Crippen molar-refractivity contribution in [3.8, 4) is 0 Å². The number of thiazole rings is 1. The number of hydrogen-bond donors (Lipinski definition) is 2. The first-order valence-electron chi connectivity index (χ1n) is 4.92. The highest BCUT2D eigenvalue weighted by Crippen LogP contribution is 2.26. The Kier molecular flexibility index (Phi) is 4.18. The van der Waals surface area contributed by atoms with Gasteiger partial charge in [-0.1, -0.05) is 11.6 Å². The smallest absolute Gasteiger partial charge is 0.365 e. The number of nitrogens with one attached hydrogen (secondary N) is 1. The molecule has 5 nitrogen and oxygen atoms in total. The number of aromatic carboxylic acids is 1. The third-order valence-electron chi connectivity index (χ3n) is 2.10. The van der Waals surface area contributed by atoms with Crippen molar-refractivity contribution in [2.45, 2.75) is 0 Å². The van der Waals surface area contributed by atoms with Crippen molar-refractivity contribution in [3.05, 3.63) is 43.8 Å². The first kappa shape index (κ1) is 14.0. The molecule has 0 aliphatic heterocycles. The highest BCUT2D eigenvalue weighted by atomic mass is 79.9. The molecule has 0 spiro atoms. The van der Waals surface area contributed by atoms with Crippen LogP contribution in [0.2, 0.25) is 5.02 Å². The lowest BCUT2D eigenvalue weighted by Gasteiger charge is -2.05. The van der Waals surface area contributed by atoms with Crippen LogP contribution in [0.3, 0.4) is 0 Å². The van der Waals surface area contributed by atoms with Crippen molar-refractivity contribution in [2.75, 3.05) is 5.32 Å². The zero-order valence-corrected chi connectivity index (χ0v) is 12.3. The van der Waals surface area contributed by atoms with Gasteiger partial charge in [0.25, 0.3) is 5.91 Å². The highest BCUT2D eigenvalue weighted by molar-refractivity contribution is 9.10. The van der Waals surface area contributed by atoms with E-state index in [1.165, 1.54) is 5.38 Å². The van der Waals surface area contributed by atoms with Crippen LogP contribution in [0.4, 0.5) is 5.69 Å². The number of aromatic nitrogens is 1. The Bertz CT molecular complexity index is 659. The van der Waals surface area contributed by atoms with Gasteiger partial charge in [0, 0.05) is 14.9 Å². The second kappa shape index (κ2) is 5.68. The molecule has 0 aliphatic rings. The molecule has 0 fully saturated rings. The van der Waals surface area contributed by atoms with Gasteiger partial charge >= 0.3 is 5.97 Å². The van der Waals surface area contributed by atoms with E-state index >= 15 is 0 Å². The molecular weight excluding hydrogens is 356 g/mol. The molecular formula is C11H6BrClN2O3S. The molecule has 1 aromatic carbocycles. The van der Waals surface area contributed by atoms with E-state index in [0.717, 1.165) is 11.3 Å². The molecule has 2 N–H and O–H groups in total. The second-order valence-corrected chi connectivity index (χ2v) is 5.57. The summed E-state index contributed by atoms with van der Waals surface area (Å²) in [5.74, 6) is -1.64. The average Bonchev–Trinajstić information content (AvgIpc) is 2.82. The predicted molar refractivity (Wildman–Crippen MR) is 76.2 cm³/mol. The normalized spacial score (nSPS) is 10.2. The number of halogens is 2. The van der Waals surface area contributed by atoms with Crippen LogP contribution < -0.4 is 5.32 Å². The van der Waals surface area contributed by atoms with Gasteiger partial charge < -0.3 is 10.4 Å². The Labute approximate surface area is 125 Å². The molecule has 0 bridgehead atoms. The Morgan fingerprint density at radius 3 is 2.74 bits per heavy atom. The fraction of sp³-hybridized carbons (Fsp3) is 0. The number of anilines is 1. The van der Waals surface area contributed by atoms with E-state index in [1.54, 1.807) is 18.2 Å². The molecule has 98 valence electrons. The fourth-order valence-corrected chi connectivity index (χ4v) is 2.67. The summed E-state index contributed by atoms with van der Waals surface area (Å²) in [5.41, 5.74) is 0.587. The van der Waals surface area contributed by atoms with Crippen molar-refractivity contribution in [2.24, 2.45) is 0 Å². The van der Waals surface area contributed by atoms with Crippen LogP contribution >= 0.6 is 38.9 Å². The van der Waals surface area contributed by atoms with Crippen molar-refractivity contribution in [1.82, 2.24) is 4.98 Å². The zero-order chi connectivity index (χ0) is 14.0. The van der Waals surface area contributed by atoms with E-state index < -0.39 is 11.9 Å². The zero-order valence-electron chi connectivity index (χ0n) is 9.18. The Morgan fingerprint density at radius 2 is 2.16 bits per heavy atom. The maximum Gasteiger partial charge on any atom is 0.365 e. The fourth-order valence-electron chi connectivity index (χ4n) is 1.25. The number of hydrogen-bond acceptors (Lipinski definition) is 4. The van der Waals surface area contributed by atoms with Crippen LogP contribution in [0, 0.1) is 0 Å². The molecule has 0 saturated carbocycles. The number of carbonyl (C=O) groups is 2. The maximum absolute atomic E-state index is 11.9. The molecule has 0 aliphatic carbocycles. The monoisotopic (exact) mass is 360 g/mol. The third kappa shape index (κ3) is 3.31. The summed E-state index contributed by atoms with van der Waals surface area (Å²) in [4.78, 5) is 26.3. The summed E-state index contributed by atoms with van der Waals surface area (Å²) in [6.07, 6.45) is 0. The van der Waals surface area contributed by atoms with Gasteiger partial charge in [0.1, 0.15) is 5.69 Å². The number of amides is 1. The van der Waals surface area contributed by atoms with E-state index in [2.05, 4.69) is 26.2 Å². The van der Waals surface area contributed by atoms with Crippen LogP contribution in [-0.2, 0) is 0 Å². The van der Waals surface area contributed by atoms with Gasteiger partial charge in [0.05, 0.1) is 5.69 Å². The molecule has 1 amide bonds. The minimum atomic E-state index is -1.16. The molecule has 0 saturated heterocycles. The summed E-state index contributed by atoms with van der Waals surface area (Å²) in [5, 5.41) is 13.2. The third-order valence-corrected chi connectivity index (χ3v) is 3.82. The highest BCUT2D eigenvalue weighted by Gasteiger charge is 2.15. The van der Waals surface area contributed by atoms with Gasteiger partial charge in [-0.2, -0.15) is 0 Å². The molecule has 0 radical (unpaired) electrons. The number of rotatable bonds is 3. The Morgan fingerprint density at radius 1 is 1.42 bits per heavy atom. The van der Waals surface area contributed by atoms with E-state index in [1.807, 2.05) is 0 Å². The summed E-state index contributed by atoms with van der Waals surface area (Å²) in [6, 6.07) is 4.90. The van der Waals surface area contributed by atoms with Gasteiger partial charge in [0.2, 0.25) is 5.01 Å². The van der Waals surface area contributed by atoms with Crippen molar-refractivity contribution in [1.29, 1.82) is 0 Å². The number of carbonyl (C=O) groups excluding carboxylic acids is 1. The Balaban J connectivity index is 2.18. The lowest BCUT2D eigenvalue weighted by Crippen LogP contribution is -2.13. The number of carboxylic acids is 1. The summed E-state index contributed by atoms with van der Waals surface area (Å²) >= 11 is 9.95. The topological polar surface area (TPSA) is 79.3 Å². The molecule has 8 heteroatoms. The van der Waals surface area contributed by atoms with E-state index in [9.17, 15) is 9.59 Å². The van der Waals surface area contributed by atoms with Gasteiger partial charge in [-0.3, -0.25) is 4.79 Å². The van der Waals surface area contributed by atoms with E-state index in [0.29, 0.717) is 15.2 Å². The van der Waals surface area contributed by atoms with Crippen LogP contribution in [0.15, 0.2) is 28.1 Å². The van der Waals surface area contributed by atoms with Crippen LogP contribution in [0.5, 0.6) is 0 Å². The standard InChI is InChI=1S/C11H6BrClN2O3S/c12-6-3-5(13)1-2-7(6)14-9(16)8-4-19-10(15-8)11(17)18/h1-4H,(H,14,16)(H,17,18). The summed E-state index contributed by atoms with van der Waals surface area (Å²) in [6.45, 7) is 0. The molecule has 0 unspecified atom stereocenters. The Hall–Kier alpha value is -1.44. The van der Waals surface area contributed by atoms with Gasteiger partial charge in [-0.15, -0.1) is 11.3 Å². The number of nitrogens with zero attached hydrogens (tertiary/aromatic N) is 1. The average molecular weight is 362 g/mol. The molecule has 1 aromatic heterocycles. The summed E-state index contributed by atoms with van der Waals surface area (Å²) in [7, 11) is 0. The number of benzene rings is 1. The van der Waals surface area contributed by atoms with E-state index in [4.69, 9.17) is 16.7 Å². The molecule has 19 heavy (non-hydrogen) atoms. The quantitative estimate of drug-likeness (QED) is 0.877. The van der Waals surface area contributed by atoms with Gasteiger partial charge in [0.15, 0.2) is 0 Å². The first-order chi connectivity index (χ1) is 8.97. The first-order valence-corrected chi connectivity index (χ1v) is 6.97. The van der Waals surface area contributed by atoms with Crippen molar-refractivity contribution in [3.63, 3.8) is 0 Å².